The summed E-state index contributed by atoms with van der Waals surface area (Å²) in [5.41, 5.74) is 6.18. The predicted octanol–water partition coefficient (Wildman–Crippen LogP) is -3.49. The molecule has 0 unspecified atom stereocenters. The van der Waals surface area contributed by atoms with E-state index >= 15 is 0 Å². The van der Waals surface area contributed by atoms with Crippen molar-refractivity contribution in [2.24, 2.45) is 0 Å². The third-order valence-corrected chi connectivity index (χ3v) is 0.800. The number of para-hydroxylation sites is 1. The zero-order valence-electron chi connectivity index (χ0n) is 8.85. The number of carbonyl (C=O) groups is 1. The van der Waals surface area contributed by atoms with Gasteiger partial charge in [0, 0.05) is 5.69 Å². The van der Waals surface area contributed by atoms with Crippen molar-refractivity contribution >= 4 is 22.2 Å². The molecule has 0 aliphatic heterocycles. The van der Waals surface area contributed by atoms with Crippen LogP contribution in [0.2, 0.25) is 0 Å². The maximum Gasteiger partial charge on any atom is 1.00 e. The average molecular weight is 291 g/mol. The van der Waals surface area contributed by atoms with E-state index in [0.29, 0.717) is 0 Å². The minimum absolute atomic E-state index is 0. The van der Waals surface area contributed by atoms with Gasteiger partial charge < -0.3 is 20.7 Å². The molecule has 1 rings (SSSR count). The zero-order valence-corrected chi connectivity index (χ0v) is 12.8. The molecule has 0 saturated heterocycles. The molecule has 0 aromatic heterocycles. The molecule has 0 spiro atoms. The van der Waals surface area contributed by atoms with Crippen LogP contribution in [0.4, 0.5) is 10.5 Å². The molecule has 0 bridgehead atoms. The summed E-state index contributed by atoms with van der Waals surface area (Å²) in [6.45, 7) is 0. The van der Waals surface area contributed by atoms with Gasteiger partial charge in [-0.3, -0.25) is 9.11 Å². The van der Waals surface area contributed by atoms with Gasteiger partial charge in [0.05, 0.1) is 0 Å². The van der Waals surface area contributed by atoms with E-state index in [9.17, 15) is 0 Å². The van der Waals surface area contributed by atoms with Gasteiger partial charge in [0.25, 0.3) is 0 Å². The van der Waals surface area contributed by atoms with Crippen molar-refractivity contribution in [3.8, 4) is 0 Å². The van der Waals surface area contributed by atoms with E-state index in [1.165, 1.54) is 0 Å². The monoisotopic (exact) mass is 291 g/mol. The molecule has 8 nitrogen and oxygen atoms in total. The zero-order chi connectivity index (χ0) is 13.2. The van der Waals surface area contributed by atoms with Crippen molar-refractivity contribution in [1.82, 2.24) is 0 Å². The molecule has 0 amide bonds. The minimum atomic E-state index is -4.67. The first kappa shape index (κ1) is 22.0. The normalized spacial score (nSPS) is 8.35. The van der Waals surface area contributed by atoms with Gasteiger partial charge in [0.1, 0.15) is 0 Å². The van der Waals surface area contributed by atoms with Gasteiger partial charge in [-0.2, -0.15) is 8.42 Å². The van der Waals surface area contributed by atoms with Crippen molar-refractivity contribution < 1.29 is 83.9 Å². The average Bonchev–Trinajstić information content (AvgIpc) is 2.00. The standard InChI is InChI=1S/C6H7N.CH2O3.K.H2O4S/c7-6-4-2-1-3-5-6;2-1(3)4;;1-5(2,3)4/h1-5H,7H2;(H2,2,3,4);;(H2,1,2,3,4)/q;;+1;/p-1. The largest absolute Gasteiger partial charge is 1.00 e. The first-order chi connectivity index (χ1) is 7.13. The molecule has 10 heteroatoms. The van der Waals surface area contributed by atoms with Gasteiger partial charge in [-0.1, -0.05) is 18.2 Å². The van der Waals surface area contributed by atoms with Crippen molar-refractivity contribution in [1.29, 1.82) is 0 Å². The molecule has 17 heavy (non-hydrogen) atoms. The van der Waals surface area contributed by atoms with Crippen LogP contribution in [-0.2, 0) is 10.4 Å². The number of rotatable bonds is 0. The van der Waals surface area contributed by atoms with Crippen LogP contribution in [0.1, 0.15) is 0 Å². The molecule has 0 fully saturated rings. The number of hydrogen-bond acceptors (Lipinski definition) is 5. The van der Waals surface area contributed by atoms with Crippen molar-refractivity contribution in [2.75, 3.05) is 5.73 Å². The molecular formula is C7H10KNO7S. The molecule has 0 atom stereocenters. The van der Waals surface area contributed by atoms with Gasteiger partial charge >= 0.3 is 61.8 Å². The van der Waals surface area contributed by atoms with Crippen LogP contribution in [0, 0.1) is 0 Å². The van der Waals surface area contributed by atoms with Gasteiger partial charge in [0.15, 0.2) is 0 Å². The van der Waals surface area contributed by atoms with E-state index in [0.717, 1.165) is 5.69 Å². The Morgan fingerprint density at radius 2 is 1.41 bits per heavy atom. The molecule has 0 radical (unpaired) electrons. The second-order valence-electron chi connectivity index (χ2n) is 2.12. The van der Waals surface area contributed by atoms with E-state index in [-0.39, 0.29) is 51.4 Å². The smallest absolute Gasteiger partial charge is 0.565 e. The molecule has 0 saturated carbocycles. The van der Waals surface area contributed by atoms with Gasteiger partial charge in [0.2, 0.25) is 6.16 Å². The summed E-state index contributed by atoms with van der Waals surface area (Å²) in [6, 6.07) is 9.49. The van der Waals surface area contributed by atoms with Crippen LogP contribution in [0.3, 0.4) is 0 Å². The second-order valence-corrected chi connectivity index (χ2v) is 3.02. The third-order valence-electron chi connectivity index (χ3n) is 0.800. The molecule has 92 valence electrons. The van der Waals surface area contributed by atoms with Crippen LogP contribution >= 0.6 is 0 Å². The number of hydrogen-bond donors (Lipinski definition) is 4. The number of nitrogen functional groups attached to an aromatic ring is 1. The van der Waals surface area contributed by atoms with Crippen LogP contribution in [0.25, 0.3) is 0 Å². The van der Waals surface area contributed by atoms with Crippen molar-refractivity contribution in [3.63, 3.8) is 0 Å². The van der Waals surface area contributed by atoms with Crippen molar-refractivity contribution in [3.05, 3.63) is 30.3 Å². The molecular weight excluding hydrogens is 281 g/mol. The first-order valence-electron chi connectivity index (χ1n) is 3.53. The summed E-state index contributed by atoms with van der Waals surface area (Å²) < 4.78 is 31.6. The molecule has 1 aromatic carbocycles. The topological polar surface area (TPSA) is 161 Å². The SMILES string of the molecule is Nc1ccccc1.O=C([O-])O.O=S(=O)(O)O.[K+]. The number of nitrogens with two attached hydrogens (primary N) is 1. The van der Waals surface area contributed by atoms with E-state index in [2.05, 4.69) is 0 Å². The summed E-state index contributed by atoms with van der Waals surface area (Å²) >= 11 is 0. The molecule has 5 N–H and O–H groups in total. The Kier molecular flexibility index (Phi) is 15.9. The predicted molar refractivity (Wildman–Crippen MR) is 53.1 cm³/mol. The summed E-state index contributed by atoms with van der Waals surface area (Å²) in [4.78, 5) is 8.44. The summed E-state index contributed by atoms with van der Waals surface area (Å²) in [7, 11) is -4.67. The molecule has 0 aliphatic rings. The maximum atomic E-state index is 8.74. The van der Waals surface area contributed by atoms with E-state index in [1.807, 2.05) is 30.3 Å². The van der Waals surface area contributed by atoms with Crippen LogP contribution in [-0.4, -0.2) is 28.8 Å². The number of anilines is 1. The van der Waals surface area contributed by atoms with Gasteiger partial charge in [-0.05, 0) is 12.1 Å². The minimum Gasteiger partial charge on any atom is -0.565 e. The quantitative estimate of drug-likeness (QED) is 0.217. The molecule has 0 heterocycles. The van der Waals surface area contributed by atoms with E-state index < -0.39 is 16.6 Å². The summed E-state index contributed by atoms with van der Waals surface area (Å²) in [5, 5.41) is 15.3. The Morgan fingerprint density at radius 1 is 1.18 bits per heavy atom. The Hall–Kier alpha value is -0.204. The Balaban J connectivity index is -0.000000177. The second kappa shape index (κ2) is 12.3. The molecule has 0 aliphatic carbocycles. The first-order valence-corrected chi connectivity index (χ1v) is 4.93. The summed E-state index contributed by atoms with van der Waals surface area (Å²) in [5.74, 6) is 0. The Morgan fingerprint density at radius 3 is 1.53 bits per heavy atom. The van der Waals surface area contributed by atoms with Crippen LogP contribution < -0.4 is 62.2 Å². The fourth-order valence-electron chi connectivity index (χ4n) is 0.453. The third kappa shape index (κ3) is 49.5. The van der Waals surface area contributed by atoms with Crippen LogP contribution in [0.5, 0.6) is 0 Å². The van der Waals surface area contributed by atoms with Crippen molar-refractivity contribution in [2.45, 2.75) is 0 Å². The summed E-state index contributed by atoms with van der Waals surface area (Å²) in [6.07, 6.45) is -2.08. The Labute approximate surface area is 140 Å². The van der Waals surface area contributed by atoms with E-state index in [1.54, 1.807) is 0 Å². The van der Waals surface area contributed by atoms with E-state index in [4.69, 9.17) is 38.3 Å². The Bertz CT molecular complexity index is 382. The number of benzene rings is 1. The van der Waals surface area contributed by atoms with Gasteiger partial charge in [-0.25, -0.2) is 0 Å². The maximum absolute atomic E-state index is 8.74. The fraction of sp³-hybridized carbons (Fsp3) is 0. The number of carboxylic acid groups (broad SMARTS) is 2. The van der Waals surface area contributed by atoms with Gasteiger partial charge in [-0.15, -0.1) is 0 Å². The van der Waals surface area contributed by atoms with Crippen LogP contribution in [0.15, 0.2) is 30.3 Å². The molecule has 1 aromatic rings. The fourth-order valence-corrected chi connectivity index (χ4v) is 0.453.